The number of hydrogen-bond acceptors (Lipinski definition) is 4. The van der Waals surface area contributed by atoms with Crippen LogP contribution in [-0.2, 0) is 6.42 Å². The van der Waals surface area contributed by atoms with Crippen LogP contribution in [0.15, 0.2) is 61.6 Å². The van der Waals surface area contributed by atoms with Crippen LogP contribution < -0.4 is 0 Å². The van der Waals surface area contributed by atoms with Gasteiger partial charge in [-0.15, -0.1) is 10.2 Å². The van der Waals surface area contributed by atoms with Gasteiger partial charge in [0.1, 0.15) is 12.7 Å². The van der Waals surface area contributed by atoms with Gasteiger partial charge < -0.3 is 9.88 Å². The summed E-state index contributed by atoms with van der Waals surface area (Å²) in [5.41, 5.74) is 5.12. The molecule has 0 amide bonds. The monoisotopic (exact) mass is 428 g/mol. The fraction of sp³-hybridized carbons (Fsp3) is 0.423. The molecule has 0 spiro atoms. The van der Waals surface area contributed by atoms with Gasteiger partial charge in [-0.05, 0) is 92.1 Å². The predicted octanol–water partition coefficient (Wildman–Crippen LogP) is 4.98. The molecule has 1 N–H and O–H groups in total. The number of H-pyrrole nitrogens is 1. The summed E-state index contributed by atoms with van der Waals surface area (Å²) in [4.78, 5) is 10.2. The van der Waals surface area contributed by atoms with Gasteiger partial charge in [-0.25, -0.2) is 0 Å². The Bertz CT molecular complexity index is 1110. The van der Waals surface area contributed by atoms with Crippen LogP contribution >= 0.6 is 0 Å². The second kappa shape index (κ2) is 9.65. The van der Waals surface area contributed by atoms with Crippen LogP contribution in [0.25, 0.3) is 16.6 Å². The first-order valence-corrected chi connectivity index (χ1v) is 11.8. The van der Waals surface area contributed by atoms with E-state index in [1.807, 2.05) is 17.0 Å². The molecule has 1 aromatic carbocycles. The van der Waals surface area contributed by atoms with Crippen molar-refractivity contribution >= 4 is 10.9 Å². The van der Waals surface area contributed by atoms with E-state index in [0.29, 0.717) is 5.92 Å². The topological polar surface area (TPSA) is 62.6 Å². The summed E-state index contributed by atoms with van der Waals surface area (Å²) in [7, 11) is 0. The number of aryl methyl sites for hydroxylation is 1. The first-order valence-electron chi connectivity index (χ1n) is 11.8. The maximum absolute atomic E-state index is 4.14. The average molecular weight is 429 g/mol. The van der Waals surface area contributed by atoms with E-state index >= 15 is 0 Å². The Morgan fingerprint density at radius 3 is 2.62 bits per heavy atom. The van der Waals surface area contributed by atoms with Gasteiger partial charge in [0.25, 0.3) is 0 Å². The molecule has 1 aliphatic heterocycles. The number of nitrogens with one attached hydrogen (secondary N) is 1. The molecule has 4 heterocycles. The molecular weight excluding hydrogens is 396 g/mol. The third-order valence-corrected chi connectivity index (χ3v) is 7.04. The first-order chi connectivity index (χ1) is 15.8. The summed E-state index contributed by atoms with van der Waals surface area (Å²) < 4.78 is 1.96. The van der Waals surface area contributed by atoms with Crippen molar-refractivity contribution in [2.45, 2.75) is 44.9 Å². The zero-order valence-electron chi connectivity index (χ0n) is 18.8. The van der Waals surface area contributed by atoms with Gasteiger partial charge in [-0.2, -0.15) is 0 Å². The molecule has 0 bridgehead atoms. The molecule has 3 aromatic heterocycles. The van der Waals surface area contributed by atoms with E-state index in [1.165, 1.54) is 60.8 Å². The van der Waals surface area contributed by atoms with Crippen LogP contribution in [0.3, 0.4) is 0 Å². The number of benzene rings is 1. The summed E-state index contributed by atoms with van der Waals surface area (Å²) in [5, 5.41) is 9.17. The van der Waals surface area contributed by atoms with Crippen molar-refractivity contribution in [3.63, 3.8) is 0 Å². The second-order valence-electron chi connectivity index (χ2n) is 9.23. The third-order valence-electron chi connectivity index (χ3n) is 7.04. The number of hydrogen-bond donors (Lipinski definition) is 1. The Labute approximate surface area is 189 Å². The lowest BCUT2D eigenvalue weighted by molar-refractivity contribution is 0.171. The lowest BCUT2D eigenvalue weighted by Gasteiger charge is -2.33. The molecule has 166 valence electrons. The Hall–Kier alpha value is -2.99. The molecule has 1 unspecified atom stereocenters. The SMILES string of the molecule is CC(CN1CCC(CCCc2c[nH]c3ccc(-n4cnnc4)cc23)CC1)c1ccncc1. The summed E-state index contributed by atoms with van der Waals surface area (Å²) in [5.74, 6) is 1.43. The molecule has 1 atom stereocenters. The van der Waals surface area contributed by atoms with E-state index in [0.717, 1.165) is 24.6 Å². The molecule has 1 saturated heterocycles. The van der Waals surface area contributed by atoms with Crippen molar-refractivity contribution in [3.8, 4) is 5.69 Å². The number of aromatic amines is 1. The van der Waals surface area contributed by atoms with Crippen molar-refractivity contribution in [1.29, 1.82) is 0 Å². The van der Waals surface area contributed by atoms with Crippen molar-refractivity contribution in [3.05, 3.63) is 72.7 Å². The largest absolute Gasteiger partial charge is 0.361 e. The average Bonchev–Trinajstić information content (AvgIpc) is 3.51. The van der Waals surface area contributed by atoms with Gasteiger partial charge in [-0.3, -0.25) is 9.55 Å². The Kier molecular flexibility index (Phi) is 6.30. The molecule has 6 nitrogen and oxygen atoms in total. The molecule has 0 saturated carbocycles. The van der Waals surface area contributed by atoms with Crippen LogP contribution in [0.2, 0.25) is 0 Å². The van der Waals surface area contributed by atoms with Crippen molar-refractivity contribution in [2.75, 3.05) is 19.6 Å². The minimum Gasteiger partial charge on any atom is -0.361 e. The Balaban J connectivity index is 1.10. The van der Waals surface area contributed by atoms with Crippen molar-refractivity contribution in [1.82, 2.24) is 29.6 Å². The van der Waals surface area contributed by atoms with Crippen LogP contribution in [0.1, 0.15) is 49.7 Å². The highest BCUT2D eigenvalue weighted by atomic mass is 15.2. The fourth-order valence-corrected chi connectivity index (χ4v) is 5.09. The van der Waals surface area contributed by atoms with E-state index < -0.39 is 0 Å². The number of nitrogens with zero attached hydrogens (tertiary/aromatic N) is 5. The predicted molar refractivity (Wildman–Crippen MR) is 128 cm³/mol. The van der Waals surface area contributed by atoms with Gasteiger partial charge >= 0.3 is 0 Å². The highest BCUT2D eigenvalue weighted by Gasteiger charge is 2.21. The Morgan fingerprint density at radius 1 is 1.06 bits per heavy atom. The normalized spacial score (nSPS) is 16.5. The van der Waals surface area contributed by atoms with E-state index in [-0.39, 0.29) is 0 Å². The standard InChI is InChI=1S/C26H32N6/c1-20(22-7-11-27-12-8-22)17-31-13-9-21(10-14-31)3-2-4-23-16-28-26-6-5-24(15-25(23)26)32-18-29-30-19-32/h5-8,11-12,15-16,18-21,28H,2-4,9-10,13-14,17H2,1H3. The maximum atomic E-state index is 4.14. The molecular formula is C26H32N6. The van der Waals surface area contributed by atoms with Gasteiger partial charge in [0.2, 0.25) is 0 Å². The van der Waals surface area contributed by atoms with Crippen LogP contribution in [0.5, 0.6) is 0 Å². The number of fused-ring (bicyclic) bond motifs is 1. The smallest absolute Gasteiger partial charge is 0.123 e. The van der Waals surface area contributed by atoms with Crippen molar-refractivity contribution in [2.24, 2.45) is 5.92 Å². The molecule has 1 fully saturated rings. The Morgan fingerprint density at radius 2 is 1.84 bits per heavy atom. The number of piperidine rings is 1. The van der Waals surface area contributed by atoms with E-state index in [9.17, 15) is 0 Å². The zero-order chi connectivity index (χ0) is 21.8. The number of likely N-dealkylation sites (tertiary alicyclic amines) is 1. The van der Waals surface area contributed by atoms with Gasteiger partial charge in [0.05, 0.1) is 0 Å². The van der Waals surface area contributed by atoms with Crippen LogP contribution in [-0.4, -0.2) is 49.3 Å². The van der Waals surface area contributed by atoms with Crippen LogP contribution in [0, 0.1) is 5.92 Å². The molecule has 1 aliphatic rings. The first kappa shape index (κ1) is 20.9. The minimum atomic E-state index is 0.569. The summed E-state index contributed by atoms with van der Waals surface area (Å²) >= 11 is 0. The molecule has 0 radical (unpaired) electrons. The molecule has 6 heteroatoms. The number of aromatic nitrogens is 5. The number of rotatable bonds is 8. The van der Waals surface area contributed by atoms with E-state index in [1.54, 1.807) is 12.7 Å². The van der Waals surface area contributed by atoms with E-state index in [4.69, 9.17) is 0 Å². The van der Waals surface area contributed by atoms with Gasteiger partial charge in [-0.1, -0.05) is 13.3 Å². The van der Waals surface area contributed by atoms with Crippen molar-refractivity contribution < 1.29 is 0 Å². The molecule has 4 aromatic rings. The molecule has 32 heavy (non-hydrogen) atoms. The number of pyridine rings is 1. The maximum Gasteiger partial charge on any atom is 0.123 e. The lowest BCUT2D eigenvalue weighted by Crippen LogP contribution is -2.36. The summed E-state index contributed by atoms with van der Waals surface area (Å²) in [6, 6.07) is 10.8. The van der Waals surface area contributed by atoms with E-state index in [2.05, 4.69) is 68.5 Å². The fourth-order valence-electron chi connectivity index (χ4n) is 5.09. The van der Waals surface area contributed by atoms with Gasteiger partial charge in [0, 0.05) is 41.7 Å². The second-order valence-corrected chi connectivity index (χ2v) is 9.23. The lowest BCUT2D eigenvalue weighted by atomic mass is 9.90. The third kappa shape index (κ3) is 4.75. The highest BCUT2D eigenvalue weighted by molar-refractivity contribution is 5.85. The van der Waals surface area contributed by atoms with Gasteiger partial charge in [0.15, 0.2) is 0 Å². The zero-order valence-corrected chi connectivity index (χ0v) is 18.8. The van der Waals surface area contributed by atoms with Crippen LogP contribution in [0.4, 0.5) is 0 Å². The quantitative estimate of drug-likeness (QED) is 0.430. The summed E-state index contributed by atoms with van der Waals surface area (Å²) in [6.07, 6.45) is 15.9. The molecule has 0 aliphatic carbocycles. The minimum absolute atomic E-state index is 0.569. The highest BCUT2D eigenvalue weighted by Crippen LogP contribution is 2.27. The summed E-state index contributed by atoms with van der Waals surface area (Å²) in [6.45, 7) is 5.95. The molecule has 5 rings (SSSR count).